The molecule has 6 nitrogen and oxygen atoms in total. The number of nitrogens with zero attached hydrogens (tertiary/aromatic N) is 1. The Balaban J connectivity index is 1.75. The van der Waals surface area contributed by atoms with Crippen molar-refractivity contribution >= 4 is 17.7 Å². The molecule has 2 atom stereocenters. The van der Waals surface area contributed by atoms with E-state index in [0.717, 1.165) is 16.9 Å². The van der Waals surface area contributed by atoms with Crippen molar-refractivity contribution in [2.75, 3.05) is 4.90 Å². The summed E-state index contributed by atoms with van der Waals surface area (Å²) in [6.45, 7) is 3.89. The van der Waals surface area contributed by atoms with Crippen LogP contribution in [-0.4, -0.2) is 22.8 Å². The molecule has 2 aliphatic heterocycles. The highest BCUT2D eigenvalue weighted by atomic mass is 16.5. The molecule has 1 saturated heterocycles. The number of carbonyl (C=O) groups is 2. The zero-order valence-electron chi connectivity index (χ0n) is 13.9. The Kier molecular flexibility index (Phi) is 3.25. The predicted octanol–water partition coefficient (Wildman–Crippen LogP) is 3.46. The van der Waals surface area contributed by atoms with Crippen LogP contribution >= 0.6 is 0 Å². The van der Waals surface area contributed by atoms with Gasteiger partial charge in [-0.25, -0.2) is 9.59 Å². The lowest BCUT2D eigenvalue weighted by Gasteiger charge is -2.50. The first-order valence-corrected chi connectivity index (χ1v) is 8.11. The molecule has 0 unspecified atom stereocenters. The van der Waals surface area contributed by atoms with Crippen molar-refractivity contribution in [2.24, 2.45) is 0 Å². The molecule has 0 spiro atoms. The van der Waals surface area contributed by atoms with E-state index in [4.69, 9.17) is 9.84 Å². The van der Waals surface area contributed by atoms with Crippen molar-refractivity contribution in [2.45, 2.75) is 32.0 Å². The highest BCUT2D eigenvalue weighted by Gasteiger charge is 2.49. The number of carboxylic acid groups (broad SMARTS) is 1. The molecule has 2 aliphatic rings. The topological polar surface area (TPSA) is 78.9 Å². The van der Waals surface area contributed by atoms with Gasteiger partial charge in [-0.05, 0) is 44.2 Å². The first-order chi connectivity index (χ1) is 11.9. The van der Waals surface area contributed by atoms with Crippen LogP contribution < -0.4 is 15.0 Å². The summed E-state index contributed by atoms with van der Waals surface area (Å²) in [5.74, 6) is -0.240. The molecule has 128 valence electrons. The molecule has 0 aromatic heterocycles. The van der Waals surface area contributed by atoms with Crippen molar-refractivity contribution in [3.05, 3.63) is 59.2 Å². The number of carbonyl (C=O) groups excluding carboxylic acids is 1. The van der Waals surface area contributed by atoms with Gasteiger partial charge in [0.15, 0.2) is 5.72 Å². The van der Waals surface area contributed by atoms with Gasteiger partial charge in [-0.15, -0.1) is 0 Å². The molecular weight excluding hydrogens is 320 g/mol. The van der Waals surface area contributed by atoms with E-state index >= 15 is 0 Å². The predicted molar refractivity (Wildman–Crippen MR) is 92.0 cm³/mol. The van der Waals surface area contributed by atoms with Crippen molar-refractivity contribution in [3.8, 4) is 5.75 Å². The summed E-state index contributed by atoms with van der Waals surface area (Å²) in [5, 5.41) is 12.1. The van der Waals surface area contributed by atoms with Crippen LogP contribution in [0.4, 0.5) is 10.5 Å². The van der Waals surface area contributed by atoms with Gasteiger partial charge in [-0.3, -0.25) is 4.90 Å². The summed E-state index contributed by atoms with van der Waals surface area (Å²) < 4.78 is 6.21. The number of anilines is 1. The summed E-state index contributed by atoms with van der Waals surface area (Å²) >= 11 is 0. The molecule has 1 fully saturated rings. The minimum absolute atomic E-state index is 0.101. The van der Waals surface area contributed by atoms with E-state index < -0.39 is 11.7 Å². The van der Waals surface area contributed by atoms with Crippen molar-refractivity contribution in [3.63, 3.8) is 0 Å². The van der Waals surface area contributed by atoms with Gasteiger partial charge in [0.2, 0.25) is 0 Å². The molecule has 2 aromatic carbocycles. The second kappa shape index (κ2) is 5.24. The number of nitrogens with one attached hydrogen (secondary N) is 1. The first-order valence-electron chi connectivity index (χ1n) is 8.11. The van der Waals surface area contributed by atoms with E-state index in [-0.39, 0.29) is 17.6 Å². The number of aryl methyl sites for hydroxylation is 1. The van der Waals surface area contributed by atoms with Crippen LogP contribution in [0.25, 0.3) is 0 Å². The second-order valence-electron chi connectivity index (χ2n) is 6.71. The second-order valence-corrected chi connectivity index (χ2v) is 6.71. The van der Waals surface area contributed by atoms with Crippen molar-refractivity contribution in [1.82, 2.24) is 5.32 Å². The van der Waals surface area contributed by atoms with E-state index in [1.54, 1.807) is 17.0 Å². The average molecular weight is 338 g/mol. The van der Waals surface area contributed by atoms with Gasteiger partial charge >= 0.3 is 12.0 Å². The number of ether oxygens (including phenoxy) is 1. The standard InChI is InChI=1S/C19H18N2O4/c1-11-3-8-16-14(9-11)15-10-19(2,25-16)21(18(24)20-15)13-6-4-12(5-7-13)17(22)23/h3-9,15H,10H2,1-2H3,(H,20,24)(H,22,23)/t15-,19-/m1/s1. The number of benzene rings is 2. The number of amides is 2. The van der Waals surface area contributed by atoms with E-state index in [2.05, 4.69) is 5.32 Å². The molecule has 2 amide bonds. The molecule has 2 aromatic rings. The van der Waals surface area contributed by atoms with Crippen LogP contribution in [0.15, 0.2) is 42.5 Å². The van der Waals surface area contributed by atoms with Crippen LogP contribution in [0.1, 0.15) is 40.9 Å². The minimum atomic E-state index is -1.00. The first kappa shape index (κ1) is 15.5. The summed E-state index contributed by atoms with van der Waals surface area (Å²) in [6.07, 6.45) is 0.607. The Morgan fingerprint density at radius 1 is 1.28 bits per heavy atom. The Hall–Kier alpha value is -3.02. The van der Waals surface area contributed by atoms with Crippen LogP contribution in [-0.2, 0) is 0 Å². The van der Waals surface area contributed by atoms with Gasteiger partial charge in [-0.2, -0.15) is 0 Å². The van der Waals surface area contributed by atoms with Gasteiger partial charge in [0.25, 0.3) is 0 Å². The Bertz CT molecular complexity index is 877. The van der Waals surface area contributed by atoms with E-state index in [9.17, 15) is 9.59 Å². The minimum Gasteiger partial charge on any atom is -0.478 e. The van der Waals surface area contributed by atoms with Gasteiger partial charge in [0.05, 0.1) is 11.6 Å². The fourth-order valence-corrected chi connectivity index (χ4v) is 3.64. The van der Waals surface area contributed by atoms with Gasteiger partial charge in [0, 0.05) is 17.7 Å². The molecule has 0 saturated carbocycles. The van der Waals surface area contributed by atoms with Gasteiger partial charge < -0.3 is 15.2 Å². The van der Waals surface area contributed by atoms with Crippen LogP contribution in [0, 0.1) is 6.92 Å². The van der Waals surface area contributed by atoms with E-state index in [1.807, 2.05) is 32.0 Å². The summed E-state index contributed by atoms with van der Waals surface area (Å²) in [4.78, 5) is 25.3. The third-order valence-corrected chi connectivity index (χ3v) is 4.80. The van der Waals surface area contributed by atoms with Gasteiger partial charge in [-0.1, -0.05) is 17.7 Å². The maximum Gasteiger partial charge on any atom is 0.335 e. The summed E-state index contributed by atoms with van der Waals surface area (Å²) in [7, 11) is 0. The Morgan fingerprint density at radius 3 is 2.68 bits per heavy atom. The molecule has 0 aliphatic carbocycles. The monoisotopic (exact) mass is 338 g/mol. The van der Waals surface area contributed by atoms with E-state index in [0.29, 0.717) is 12.1 Å². The van der Waals surface area contributed by atoms with E-state index in [1.165, 1.54) is 12.1 Å². The number of urea groups is 1. The smallest absolute Gasteiger partial charge is 0.335 e. The lowest BCUT2D eigenvalue weighted by atomic mass is 9.89. The Morgan fingerprint density at radius 2 is 2.00 bits per heavy atom. The van der Waals surface area contributed by atoms with Crippen molar-refractivity contribution in [1.29, 1.82) is 0 Å². The SMILES string of the molecule is Cc1ccc2c(c1)[C@H]1C[C@@](C)(O2)N(c2ccc(C(=O)O)cc2)C(=O)N1. The normalized spacial score (nSPS) is 24.2. The molecule has 2 bridgehead atoms. The molecule has 6 heteroatoms. The lowest BCUT2D eigenvalue weighted by Crippen LogP contribution is -2.65. The van der Waals surface area contributed by atoms with Gasteiger partial charge in [0.1, 0.15) is 5.75 Å². The summed E-state index contributed by atoms with van der Waals surface area (Å²) in [6, 6.07) is 11.8. The number of hydrogen-bond donors (Lipinski definition) is 2. The van der Waals surface area contributed by atoms with Crippen LogP contribution in [0.5, 0.6) is 5.75 Å². The maximum atomic E-state index is 12.7. The molecule has 25 heavy (non-hydrogen) atoms. The highest BCUT2D eigenvalue weighted by molar-refractivity contribution is 5.95. The molecule has 2 heterocycles. The third kappa shape index (κ3) is 2.41. The average Bonchev–Trinajstić information content (AvgIpc) is 2.55. The number of fused-ring (bicyclic) bond motifs is 4. The molecule has 4 rings (SSSR count). The third-order valence-electron chi connectivity index (χ3n) is 4.80. The number of carboxylic acids is 1. The number of aromatic carboxylic acids is 1. The molecule has 2 N–H and O–H groups in total. The largest absolute Gasteiger partial charge is 0.478 e. The van der Waals surface area contributed by atoms with Crippen LogP contribution in [0.3, 0.4) is 0 Å². The fourth-order valence-electron chi connectivity index (χ4n) is 3.64. The molecule has 0 radical (unpaired) electrons. The van der Waals surface area contributed by atoms with Crippen molar-refractivity contribution < 1.29 is 19.4 Å². The Labute approximate surface area is 145 Å². The zero-order chi connectivity index (χ0) is 17.8. The number of hydrogen-bond acceptors (Lipinski definition) is 3. The quantitative estimate of drug-likeness (QED) is 0.879. The lowest BCUT2D eigenvalue weighted by molar-refractivity contribution is 0.0378. The fraction of sp³-hybridized carbons (Fsp3) is 0.263. The van der Waals surface area contributed by atoms with Crippen LogP contribution in [0.2, 0.25) is 0 Å². The summed E-state index contributed by atoms with van der Waals surface area (Å²) in [5.41, 5.74) is 2.05. The number of rotatable bonds is 2. The zero-order valence-corrected chi connectivity index (χ0v) is 13.9. The highest BCUT2D eigenvalue weighted by Crippen LogP contribution is 2.45. The molecular formula is C19H18N2O4. The maximum absolute atomic E-state index is 12.7.